The van der Waals surface area contributed by atoms with E-state index in [1.807, 2.05) is 13.0 Å². The van der Waals surface area contributed by atoms with Crippen LogP contribution in [0.4, 0.5) is 0 Å². The molecule has 100 valence electrons. The molecular formula is C15H23NO2. The van der Waals surface area contributed by atoms with Gasteiger partial charge >= 0.3 is 0 Å². The van der Waals surface area contributed by atoms with E-state index in [0.717, 1.165) is 24.0 Å². The summed E-state index contributed by atoms with van der Waals surface area (Å²) >= 11 is 0. The van der Waals surface area contributed by atoms with Gasteiger partial charge in [-0.15, -0.1) is 0 Å². The Kier molecular flexibility index (Phi) is 4.48. The molecule has 1 aliphatic rings. The summed E-state index contributed by atoms with van der Waals surface area (Å²) in [7, 11) is 1.67. The van der Waals surface area contributed by atoms with Gasteiger partial charge in [-0.25, -0.2) is 0 Å². The number of hydrogen-bond donors (Lipinski definition) is 1. The van der Waals surface area contributed by atoms with Crippen LogP contribution in [-0.2, 0) is 6.54 Å². The third kappa shape index (κ3) is 3.39. The van der Waals surface area contributed by atoms with Crippen LogP contribution in [0.3, 0.4) is 0 Å². The predicted molar refractivity (Wildman–Crippen MR) is 73.2 cm³/mol. The van der Waals surface area contributed by atoms with Gasteiger partial charge in [0.1, 0.15) is 0 Å². The zero-order valence-electron chi connectivity index (χ0n) is 11.5. The first-order valence-electron chi connectivity index (χ1n) is 6.77. The minimum absolute atomic E-state index is 0.614. The van der Waals surface area contributed by atoms with Crippen LogP contribution < -0.4 is 14.8 Å². The molecular weight excluding hydrogens is 226 g/mol. The van der Waals surface area contributed by atoms with Gasteiger partial charge in [-0.1, -0.05) is 6.07 Å². The summed E-state index contributed by atoms with van der Waals surface area (Å²) in [6, 6.07) is 6.75. The fourth-order valence-corrected chi connectivity index (χ4v) is 2.14. The van der Waals surface area contributed by atoms with Crippen LogP contribution >= 0.6 is 0 Å². The molecule has 1 N–H and O–H groups in total. The summed E-state index contributed by atoms with van der Waals surface area (Å²) in [5.41, 5.74) is 1.24. The Morgan fingerprint density at radius 2 is 2.11 bits per heavy atom. The van der Waals surface area contributed by atoms with E-state index < -0.39 is 0 Å². The lowest BCUT2D eigenvalue weighted by Gasteiger charge is -2.14. The second-order valence-corrected chi connectivity index (χ2v) is 4.93. The first kappa shape index (κ1) is 13.2. The van der Waals surface area contributed by atoms with Gasteiger partial charge in [0.25, 0.3) is 0 Å². The summed E-state index contributed by atoms with van der Waals surface area (Å²) in [6.07, 6.45) is 2.75. The normalized spacial score (nSPS) is 16.4. The molecule has 0 saturated heterocycles. The van der Waals surface area contributed by atoms with Crippen molar-refractivity contribution in [2.24, 2.45) is 5.92 Å². The first-order valence-corrected chi connectivity index (χ1v) is 6.77. The second kappa shape index (κ2) is 6.10. The number of methoxy groups -OCH3 is 1. The van der Waals surface area contributed by atoms with Crippen LogP contribution in [0, 0.1) is 5.92 Å². The van der Waals surface area contributed by atoms with E-state index in [1.165, 1.54) is 18.4 Å². The lowest BCUT2D eigenvalue weighted by molar-refractivity contribution is 0.310. The van der Waals surface area contributed by atoms with Gasteiger partial charge < -0.3 is 14.8 Å². The summed E-state index contributed by atoms with van der Waals surface area (Å²) in [5, 5.41) is 3.57. The van der Waals surface area contributed by atoms with Crippen molar-refractivity contribution in [3.63, 3.8) is 0 Å². The van der Waals surface area contributed by atoms with Crippen LogP contribution in [0.25, 0.3) is 0 Å². The van der Waals surface area contributed by atoms with E-state index >= 15 is 0 Å². The average molecular weight is 249 g/mol. The fraction of sp³-hybridized carbons (Fsp3) is 0.600. The Morgan fingerprint density at radius 3 is 2.72 bits per heavy atom. The molecule has 1 aromatic carbocycles. The SMILES string of the molecule is CCOc1cc(CNC(C)C2CC2)ccc1OC. The molecule has 3 nitrogen and oxygen atoms in total. The molecule has 1 unspecified atom stereocenters. The minimum atomic E-state index is 0.614. The second-order valence-electron chi connectivity index (χ2n) is 4.93. The van der Waals surface area contributed by atoms with Crippen molar-refractivity contribution in [3.05, 3.63) is 23.8 Å². The third-order valence-electron chi connectivity index (χ3n) is 3.49. The van der Waals surface area contributed by atoms with E-state index in [2.05, 4.69) is 24.4 Å². The van der Waals surface area contributed by atoms with Crippen molar-refractivity contribution >= 4 is 0 Å². The Labute approximate surface area is 109 Å². The van der Waals surface area contributed by atoms with E-state index in [1.54, 1.807) is 7.11 Å². The Morgan fingerprint density at radius 1 is 1.33 bits per heavy atom. The molecule has 18 heavy (non-hydrogen) atoms. The molecule has 0 bridgehead atoms. The van der Waals surface area contributed by atoms with Crippen molar-refractivity contribution in [1.82, 2.24) is 5.32 Å². The van der Waals surface area contributed by atoms with Gasteiger partial charge in [0.15, 0.2) is 11.5 Å². The number of benzene rings is 1. The monoisotopic (exact) mass is 249 g/mol. The molecule has 1 fully saturated rings. The highest BCUT2D eigenvalue weighted by Crippen LogP contribution is 2.33. The summed E-state index contributed by atoms with van der Waals surface area (Å²) in [6.45, 7) is 5.80. The largest absolute Gasteiger partial charge is 0.493 e. The Bertz CT molecular complexity index is 388. The first-order chi connectivity index (χ1) is 8.74. The lowest BCUT2D eigenvalue weighted by atomic mass is 10.1. The summed E-state index contributed by atoms with van der Waals surface area (Å²) < 4.78 is 10.9. The van der Waals surface area contributed by atoms with Crippen molar-refractivity contribution < 1.29 is 9.47 Å². The highest BCUT2D eigenvalue weighted by Gasteiger charge is 2.27. The van der Waals surface area contributed by atoms with Gasteiger partial charge in [-0.2, -0.15) is 0 Å². The Balaban J connectivity index is 1.96. The van der Waals surface area contributed by atoms with Gasteiger partial charge in [0, 0.05) is 12.6 Å². The van der Waals surface area contributed by atoms with Crippen molar-refractivity contribution in [3.8, 4) is 11.5 Å². The summed E-state index contributed by atoms with van der Waals surface area (Å²) in [4.78, 5) is 0. The number of ether oxygens (including phenoxy) is 2. The molecule has 1 atom stereocenters. The molecule has 0 heterocycles. The van der Waals surface area contributed by atoms with Crippen molar-refractivity contribution in [2.45, 2.75) is 39.3 Å². The molecule has 1 aromatic rings. The van der Waals surface area contributed by atoms with Crippen LogP contribution in [-0.4, -0.2) is 19.8 Å². The maximum absolute atomic E-state index is 5.58. The highest BCUT2D eigenvalue weighted by molar-refractivity contribution is 5.42. The maximum atomic E-state index is 5.58. The zero-order chi connectivity index (χ0) is 13.0. The van der Waals surface area contributed by atoms with E-state index in [0.29, 0.717) is 12.6 Å². The van der Waals surface area contributed by atoms with Crippen molar-refractivity contribution in [1.29, 1.82) is 0 Å². The molecule has 1 aliphatic carbocycles. The van der Waals surface area contributed by atoms with Crippen molar-refractivity contribution in [2.75, 3.05) is 13.7 Å². The van der Waals surface area contributed by atoms with E-state index in [9.17, 15) is 0 Å². The zero-order valence-corrected chi connectivity index (χ0v) is 11.5. The molecule has 0 aromatic heterocycles. The van der Waals surface area contributed by atoms with Gasteiger partial charge in [-0.3, -0.25) is 0 Å². The maximum Gasteiger partial charge on any atom is 0.161 e. The molecule has 2 rings (SSSR count). The minimum Gasteiger partial charge on any atom is -0.493 e. The van der Waals surface area contributed by atoms with Gasteiger partial charge in [-0.05, 0) is 50.3 Å². The van der Waals surface area contributed by atoms with Crippen LogP contribution in [0.2, 0.25) is 0 Å². The molecule has 0 aliphatic heterocycles. The smallest absolute Gasteiger partial charge is 0.161 e. The van der Waals surface area contributed by atoms with E-state index in [4.69, 9.17) is 9.47 Å². The molecule has 0 radical (unpaired) electrons. The molecule has 0 amide bonds. The third-order valence-corrected chi connectivity index (χ3v) is 3.49. The average Bonchev–Trinajstić information content (AvgIpc) is 3.21. The van der Waals surface area contributed by atoms with Gasteiger partial charge in [0.05, 0.1) is 13.7 Å². The summed E-state index contributed by atoms with van der Waals surface area (Å²) in [5.74, 6) is 2.52. The predicted octanol–water partition coefficient (Wildman–Crippen LogP) is 2.98. The number of nitrogens with one attached hydrogen (secondary N) is 1. The standard InChI is InChI=1S/C15H23NO2/c1-4-18-15-9-12(5-8-14(15)17-3)10-16-11(2)13-6-7-13/h5,8-9,11,13,16H,4,6-7,10H2,1-3H3. The topological polar surface area (TPSA) is 30.5 Å². The number of rotatable bonds is 7. The number of hydrogen-bond acceptors (Lipinski definition) is 3. The van der Waals surface area contributed by atoms with Crippen LogP contribution in [0.15, 0.2) is 18.2 Å². The fourth-order valence-electron chi connectivity index (χ4n) is 2.14. The van der Waals surface area contributed by atoms with E-state index in [-0.39, 0.29) is 0 Å². The molecule has 0 spiro atoms. The van der Waals surface area contributed by atoms with Crippen LogP contribution in [0.1, 0.15) is 32.3 Å². The highest BCUT2D eigenvalue weighted by atomic mass is 16.5. The molecule has 3 heteroatoms. The quantitative estimate of drug-likeness (QED) is 0.806. The lowest BCUT2D eigenvalue weighted by Crippen LogP contribution is -2.27. The van der Waals surface area contributed by atoms with Gasteiger partial charge in [0.2, 0.25) is 0 Å². The molecule has 1 saturated carbocycles. The van der Waals surface area contributed by atoms with Crippen LogP contribution in [0.5, 0.6) is 11.5 Å². The Hall–Kier alpha value is -1.22.